The molecule has 3 heteroatoms. The molecule has 106 valence electrons. The molecule has 0 aromatic heterocycles. The highest BCUT2D eigenvalue weighted by molar-refractivity contribution is 7.98. The molecule has 0 spiro atoms. The van der Waals surface area contributed by atoms with Gasteiger partial charge in [0.1, 0.15) is 5.82 Å². The average molecular weight is 289 g/mol. The van der Waals surface area contributed by atoms with Crippen LogP contribution >= 0.6 is 11.8 Å². The molecule has 0 amide bonds. The molecule has 0 aliphatic carbocycles. The summed E-state index contributed by atoms with van der Waals surface area (Å²) in [5.74, 6) is -0.141. The van der Waals surface area contributed by atoms with Crippen molar-refractivity contribution in [1.29, 1.82) is 0 Å². The summed E-state index contributed by atoms with van der Waals surface area (Å²) >= 11 is 1.69. The number of halogens is 1. The van der Waals surface area contributed by atoms with Gasteiger partial charge in [0.05, 0.1) is 6.04 Å². The zero-order valence-corrected chi connectivity index (χ0v) is 13.1. The van der Waals surface area contributed by atoms with Crippen LogP contribution in [0.1, 0.15) is 28.3 Å². The normalized spacial score (nSPS) is 12.4. The molecule has 20 heavy (non-hydrogen) atoms. The predicted octanol–water partition coefficient (Wildman–Crippen LogP) is 4.47. The summed E-state index contributed by atoms with van der Waals surface area (Å²) in [6.45, 7) is 3.89. The van der Waals surface area contributed by atoms with Gasteiger partial charge in [-0.05, 0) is 56.0 Å². The Balaban J connectivity index is 2.59. The number of thioether (sulfide) groups is 1. The molecule has 2 aromatic rings. The summed E-state index contributed by atoms with van der Waals surface area (Å²) in [5, 5.41) is 3.26. The third kappa shape index (κ3) is 2.89. The monoisotopic (exact) mass is 289 g/mol. The van der Waals surface area contributed by atoms with Gasteiger partial charge in [-0.2, -0.15) is 0 Å². The average Bonchev–Trinajstić information content (AvgIpc) is 2.42. The van der Waals surface area contributed by atoms with Gasteiger partial charge in [-0.1, -0.05) is 24.3 Å². The molecule has 1 N–H and O–H groups in total. The highest BCUT2D eigenvalue weighted by Gasteiger charge is 2.21. The molecule has 0 saturated carbocycles. The standard InChI is InChI=1S/C17H20FNS/c1-11-9-12(2)16(14(18)10-11)17(19-3)13-7-5-6-8-15(13)20-4/h5-10,17,19H,1-4H3. The summed E-state index contributed by atoms with van der Waals surface area (Å²) in [4.78, 5) is 1.17. The Kier molecular flexibility index (Phi) is 4.84. The van der Waals surface area contributed by atoms with Gasteiger partial charge >= 0.3 is 0 Å². The van der Waals surface area contributed by atoms with Crippen LogP contribution in [0.25, 0.3) is 0 Å². The first kappa shape index (κ1) is 15.1. The zero-order valence-electron chi connectivity index (χ0n) is 12.3. The van der Waals surface area contributed by atoms with Crippen molar-refractivity contribution in [2.75, 3.05) is 13.3 Å². The molecule has 0 saturated heterocycles. The Hall–Kier alpha value is -1.32. The molecule has 1 nitrogen and oxygen atoms in total. The number of hydrogen-bond acceptors (Lipinski definition) is 2. The summed E-state index contributed by atoms with van der Waals surface area (Å²) in [5.41, 5.74) is 3.79. The smallest absolute Gasteiger partial charge is 0.128 e. The quantitative estimate of drug-likeness (QED) is 0.833. The molecule has 0 heterocycles. The van der Waals surface area contributed by atoms with Gasteiger partial charge in [-0.25, -0.2) is 4.39 Å². The van der Waals surface area contributed by atoms with Gasteiger partial charge < -0.3 is 5.32 Å². The van der Waals surface area contributed by atoms with Gasteiger partial charge in [0.2, 0.25) is 0 Å². The Labute approximate surface area is 124 Å². The summed E-state index contributed by atoms with van der Waals surface area (Å²) in [7, 11) is 1.88. The molecule has 0 fully saturated rings. The van der Waals surface area contributed by atoms with E-state index < -0.39 is 0 Å². The molecule has 0 radical (unpaired) electrons. The molecule has 1 atom stereocenters. The number of hydrogen-bond donors (Lipinski definition) is 1. The zero-order chi connectivity index (χ0) is 14.7. The van der Waals surface area contributed by atoms with Gasteiger partial charge in [-0.15, -0.1) is 11.8 Å². The molecule has 0 bridgehead atoms. The molecular formula is C17H20FNS. The summed E-state index contributed by atoms with van der Waals surface area (Å²) in [6.07, 6.45) is 2.05. The van der Waals surface area contributed by atoms with E-state index in [0.717, 1.165) is 22.3 Å². The lowest BCUT2D eigenvalue weighted by molar-refractivity contribution is 0.569. The number of benzene rings is 2. The lowest BCUT2D eigenvalue weighted by Gasteiger charge is -2.22. The fourth-order valence-electron chi connectivity index (χ4n) is 2.65. The van der Waals surface area contributed by atoms with Crippen molar-refractivity contribution < 1.29 is 4.39 Å². The van der Waals surface area contributed by atoms with Crippen molar-refractivity contribution >= 4 is 11.8 Å². The van der Waals surface area contributed by atoms with Crippen LogP contribution in [0, 0.1) is 19.7 Å². The van der Waals surface area contributed by atoms with E-state index in [-0.39, 0.29) is 11.9 Å². The van der Waals surface area contributed by atoms with Gasteiger partial charge in [0.25, 0.3) is 0 Å². The second-order valence-corrected chi connectivity index (χ2v) is 5.79. The van der Waals surface area contributed by atoms with Crippen LogP contribution in [0.2, 0.25) is 0 Å². The maximum absolute atomic E-state index is 14.4. The molecule has 1 unspecified atom stereocenters. The Bertz CT molecular complexity index is 587. The maximum atomic E-state index is 14.4. The molecular weight excluding hydrogens is 269 g/mol. The van der Waals surface area contributed by atoms with Crippen LogP contribution in [-0.2, 0) is 0 Å². The minimum atomic E-state index is -0.141. The van der Waals surface area contributed by atoms with Crippen molar-refractivity contribution in [1.82, 2.24) is 5.32 Å². The molecule has 2 aromatic carbocycles. The highest BCUT2D eigenvalue weighted by atomic mass is 32.2. The van der Waals surface area contributed by atoms with E-state index >= 15 is 0 Å². The topological polar surface area (TPSA) is 12.0 Å². The van der Waals surface area contributed by atoms with E-state index in [1.807, 2.05) is 45.4 Å². The number of nitrogens with one attached hydrogen (secondary N) is 1. The fourth-order valence-corrected chi connectivity index (χ4v) is 3.29. The minimum absolute atomic E-state index is 0.126. The second kappa shape index (κ2) is 6.42. The van der Waals surface area contributed by atoms with E-state index in [4.69, 9.17) is 0 Å². The van der Waals surface area contributed by atoms with E-state index in [1.165, 1.54) is 4.90 Å². The summed E-state index contributed by atoms with van der Waals surface area (Å²) < 4.78 is 14.4. The van der Waals surface area contributed by atoms with Crippen molar-refractivity contribution in [2.45, 2.75) is 24.8 Å². The van der Waals surface area contributed by atoms with Crippen LogP contribution in [0.5, 0.6) is 0 Å². The van der Waals surface area contributed by atoms with E-state index in [0.29, 0.717) is 0 Å². The molecule has 0 aliphatic rings. The van der Waals surface area contributed by atoms with Gasteiger partial charge in [0, 0.05) is 10.5 Å². The SMILES string of the molecule is CNC(c1ccccc1SC)c1c(C)cc(C)cc1F. The predicted molar refractivity (Wildman–Crippen MR) is 85.0 cm³/mol. The van der Waals surface area contributed by atoms with E-state index in [1.54, 1.807) is 17.8 Å². The van der Waals surface area contributed by atoms with Crippen LogP contribution in [0.3, 0.4) is 0 Å². The maximum Gasteiger partial charge on any atom is 0.128 e. The first-order valence-corrected chi connectivity index (χ1v) is 7.87. The Morgan fingerprint density at radius 2 is 1.85 bits per heavy atom. The van der Waals surface area contributed by atoms with Gasteiger partial charge in [-0.3, -0.25) is 0 Å². The van der Waals surface area contributed by atoms with Crippen LogP contribution < -0.4 is 5.32 Å². The Morgan fingerprint density at radius 1 is 1.15 bits per heavy atom. The van der Waals surface area contributed by atoms with Crippen molar-refractivity contribution in [3.05, 3.63) is 64.5 Å². The summed E-state index contributed by atoms with van der Waals surface area (Å²) in [6, 6.07) is 11.7. The van der Waals surface area contributed by atoms with Crippen molar-refractivity contribution in [3.63, 3.8) is 0 Å². The van der Waals surface area contributed by atoms with E-state index in [2.05, 4.69) is 17.4 Å². The third-order valence-electron chi connectivity index (χ3n) is 3.51. The Morgan fingerprint density at radius 3 is 2.45 bits per heavy atom. The number of aryl methyl sites for hydroxylation is 2. The first-order valence-electron chi connectivity index (χ1n) is 6.65. The first-order chi connectivity index (χ1) is 9.58. The lowest BCUT2D eigenvalue weighted by atomic mass is 9.93. The van der Waals surface area contributed by atoms with Gasteiger partial charge in [0.15, 0.2) is 0 Å². The van der Waals surface area contributed by atoms with E-state index in [9.17, 15) is 4.39 Å². The minimum Gasteiger partial charge on any atom is -0.309 e. The lowest BCUT2D eigenvalue weighted by Crippen LogP contribution is -2.21. The van der Waals surface area contributed by atoms with Crippen LogP contribution in [-0.4, -0.2) is 13.3 Å². The van der Waals surface area contributed by atoms with Crippen molar-refractivity contribution in [2.24, 2.45) is 0 Å². The largest absolute Gasteiger partial charge is 0.309 e. The molecule has 0 aliphatic heterocycles. The van der Waals surface area contributed by atoms with Crippen LogP contribution in [0.4, 0.5) is 4.39 Å². The highest BCUT2D eigenvalue weighted by Crippen LogP contribution is 2.33. The third-order valence-corrected chi connectivity index (χ3v) is 4.32. The van der Waals surface area contributed by atoms with Crippen LogP contribution in [0.15, 0.2) is 41.3 Å². The fraction of sp³-hybridized carbons (Fsp3) is 0.294. The van der Waals surface area contributed by atoms with Crippen molar-refractivity contribution in [3.8, 4) is 0 Å². The molecule has 2 rings (SSSR count). The second-order valence-electron chi connectivity index (χ2n) is 4.94. The number of rotatable bonds is 4.